The quantitative estimate of drug-likeness (QED) is 0.336. The summed E-state index contributed by atoms with van der Waals surface area (Å²) in [4.78, 5) is 2.07. The number of allylic oxidation sites excluding steroid dienone is 2. The van der Waals surface area contributed by atoms with Gasteiger partial charge in [-0.1, -0.05) is 0 Å². The van der Waals surface area contributed by atoms with Crippen molar-refractivity contribution in [2.24, 2.45) is 0 Å². The van der Waals surface area contributed by atoms with E-state index in [4.69, 9.17) is 0 Å². The normalized spacial score (nSPS) is 14.9. The van der Waals surface area contributed by atoms with E-state index in [9.17, 15) is 0 Å². The molecular weight excluding hydrogens is 122 g/mol. The summed E-state index contributed by atoms with van der Waals surface area (Å²) in [6.07, 6.45) is 8.89. The van der Waals surface area contributed by atoms with Crippen LogP contribution in [0.15, 0.2) is 18.4 Å². The maximum Gasteiger partial charge on any atom is 0.158 e. The van der Waals surface area contributed by atoms with Crippen LogP contribution in [0.2, 0.25) is 0 Å². The SMILES string of the molecule is CN1C=[C+]C=CC1.[Cl-]. The standard InChI is InChI=1S/C6H8N.ClH/c1-7-5-3-2-4-6-7;/h2-3,6H,5H2,1H3;1H/q+1;/p-1. The van der Waals surface area contributed by atoms with Crippen molar-refractivity contribution < 1.29 is 12.4 Å². The first kappa shape index (κ1) is 7.48. The van der Waals surface area contributed by atoms with Crippen LogP contribution in [0.5, 0.6) is 0 Å². The van der Waals surface area contributed by atoms with E-state index < -0.39 is 0 Å². The monoisotopic (exact) mass is 129 g/mol. The smallest absolute Gasteiger partial charge is 0.158 e. The van der Waals surface area contributed by atoms with Gasteiger partial charge in [0.2, 0.25) is 0 Å². The second-order valence-corrected chi connectivity index (χ2v) is 1.64. The van der Waals surface area contributed by atoms with Crippen molar-refractivity contribution in [3.05, 3.63) is 24.4 Å². The second kappa shape index (κ2) is 3.48. The topological polar surface area (TPSA) is 3.24 Å². The van der Waals surface area contributed by atoms with E-state index in [1.54, 1.807) is 0 Å². The van der Waals surface area contributed by atoms with E-state index in [-0.39, 0.29) is 12.4 Å². The molecule has 1 heterocycles. The van der Waals surface area contributed by atoms with Crippen molar-refractivity contribution in [3.63, 3.8) is 0 Å². The molecule has 0 amide bonds. The van der Waals surface area contributed by atoms with E-state index in [0.29, 0.717) is 0 Å². The molecule has 1 aliphatic rings. The lowest BCUT2D eigenvalue weighted by Gasteiger charge is -2.04. The minimum Gasteiger partial charge on any atom is -1.00 e. The van der Waals surface area contributed by atoms with E-state index in [0.717, 1.165) is 6.54 Å². The molecule has 0 saturated heterocycles. The van der Waals surface area contributed by atoms with Gasteiger partial charge in [0.25, 0.3) is 0 Å². The summed E-state index contributed by atoms with van der Waals surface area (Å²) in [5.41, 5.74) is 0. The molecule has 0 aromatic heterocycles. The zero-order valence-electron chi connectivity index (χ0n) is 4.76. The molecule has 1 nitrogen and oxygen atoms in total. The Hall–Kier alpha value is -0.520. The number of likely N-dealkylation sites (N-methyl/N-ethyl adjacent to an activating group) is 1. The summed E-state index contributed by atoms with van der Waals surface area (Å²) < 4.78 is 0. The van der Waals surface area contributed by atoms with Crippen molar-refractivity contribution in [2.75, 3.05) is 13.6 Å². The number of rotatable bonds is 0. The minimum atomic E-state index is 0. The van der Waals surface area contributed by atoms with Crippen LogP contribution in [0.3, 0.4) is 0 Å². The van der Waals surface area contributed by atoms with Gasteiger partial charge < -0.3 is 17.3 Å². The highest BCUT2D eigenvalue weighted by Gasteiger charge is 1.96. The molecule has 1 aliphatic heterocycles. The molecule has 1 rings (SSSR count). The molecule has 2 heteroatoms. The van der Waals surface area contributed by atoms with E-state index in [1.807, 2.05) is 19.3 Å². The largest absolute Gasteiger partial charge is 1.00 e. The summed E-state index contributed by atoms with van der Waals surface area (Å²) in [5.74, 6) is 0. The molecule has 8 heavy (non-hydrogen) atoms. The van der Waals surface area contributed by atoms with E-state index in [1.165, 1.54) is 0 Å². The van der Waals surface area contributed by atoms with Crippen LogP contribution in [-0.2, 0) is 0 Å². The fraction of sp³-hybridized carbons (Fsp3) is 0.333. The number of hydrogen-bond acceptors (Lipinski definition) is 1. The Bertz CT molecular complexity index is 107. The average molecular weight is 130 g/mol. The van der Waals surface area contributed by atoms with Gasteiger partial charge in [-0.3, -0.25) is 0 Å². The number of halogens is 1. The van der Waals surface area contributed by atoms with Crippen LogP contribution in [0.25, 0.3) is 0 Å². The Morgan fingerprint density at radius 3 is 2.62 bits per heavy atom. The Kier molecular flexibility index (Phi) is 3.25. The Labute approximate surface area is 56.1 Å². The van der Waals surface area contributed by atoms with Gasteiger partial charge in [0.15, 0.2) is 6.08 Å². The third-order valence-corrected chi connectivity index (χ3v) is 0.902. The van der Waals surface area contributed by atoms with Gasteiger partial charge in [-0.15, -0.1) is 0 Å². The third kappa shape index (κ3) is 1.97. The van der Waals surface area contributed by atoms with Crippen LogP contribution in [0.1, 0.15) is 0 Å². The van der Waals surface area contributed by atoms with Crippen LogP contribution in [0, 0.1) is 6.08 Å². The first-order valence-electron chi connectivity index (χ1n) is 2.34. The number of hydrogen-bond donors (Lipinski definition) is 0. The fourth-order valence-electron chi connectivity index (χ4n) is 0.510. The molecule has 0 spiro atoms. The Morgan fingerprint density at radius 1 is 1.62 bits per heavy atom. The van der Waals surface area contributed by atoms with Crippen molar-refractivity contribution in [1.29, 1.82) is 0 Å². The van der Waals surface area contributed by atoms with Gasteiger partial charge >= 0.3 is 0 Å². The highest BCUT2D eigenvalue weighted by molar-refractivity contribution is 5.01. The predicted octanol–water partition coefficient (Wildman–Crippen LogP) is -2.19. The zero-order valence-corrected chi connectivity index (χ0v) is 5.52. The van der Waals surface area contributed by atoms with Gasteiger partial charge in [0.1, 0.15) is 18.8 Å². The lowest BCUT2D eigenvalue weighted by atomic mass is 10.4. The predicted molar refractivity (Wildman–Crippen MR) is 29.6 cm³/mol. The van der Waals surface area contributed by atoms with Crippen LogP contribution >= 0.6 is 0 Å². The molecule has 0 bridgehead atoms. The van der Waals surface area contributed by atoms with Gasteiger partial charge in [0.05, 0.1) is 6.08 Å². The van der Waals surface area contributed by atoms with Crippen LogP contribution in [0.4, 0.5) is 0 Å². The number of nitrogens with zero attached hydrogens (tertiary/aromatic N) is 1. The molecule has 0 atom stereocenters. The minimum absolute atomic E-state index is 0. The Morgan fingerprint density at radius 2 is 2.38 bits per heavy atom. The zero-order chi connectivity index (χ0) is 5.11. The molecule has 0 radical (unpaired) electrons. The summed E-state index contributed by atoms with van der Waals surface area (Å²) in [6, 6.07) is 0. The van der Waals surface area contributed by atoms with Crippen molar-refractivity contribution in [2.45, 2.75) is 0 Å². The van der Waals surface area contributed by atoms with Crippen molar-refractivity contribution in [1.82, 2.24) is 4.90 Å². The molecule has 0 unspecified atom stereocenters. The molecule has 0 saturated carbocycles. The van der Waals surface area contributed by atoms with Gasteiger partial charge in [-0.05, 0) is 0 Å². The molecule has 0 aliphatic carbocycles. The highest BCUT2D eigenvalue weighted by atomic mass is 35.5. The second-order valence-electron chi connectivity index (χ2n) is 1.64. The average Bonchev–Trinajstić information content (AvgIpc) is 1.69. The molecule has 0 aromatic rings. The van der Waals surface area contributed by atoms with Crippen molar-refractivity contribution >= 4 is 0 Å². The van der Waals surface area contributed by atoms with Gasteiger partial charge in [-0.2, -0.15) is 0 Å². The third-order valence-electron chi connectivity index (χ3n) is 0.902. The molecule has 0 N–H and O–H groups in total. The molecule has 44 valence electrons. The first-order valence-corrected chi connectivity index (χ1v) is 2.34. The fourth-order valence-corrected chi connectivity index (χ4v) is 0.510. The highest BCUT2D eigenvalue weighted by Crippen LogP contribution is 1.90. The first-order chi connectivity index (χ1) is 3.39. The van der Waals surface area contributed by atoms with Crippen LogP contribution < -0.4 is 12.4 Å². The Balaban J connectivity index is 0.000000490. The van der Waals surface area contributed by atoms with Crippen LogP contribution in [-0.4, -0.2) is 18.5 Å². The maximum atomic E-state index is 2.95. The molecule has 0 fully saturated rings. The summed E-state index contributed by atoms with van der Waals surface area (Å²) in [7, 11) is 2.02. The maximum absolute atomic E-state index is 2.95. The summed E-state index contributed by atoms with van der Waals surface area (Å²) in [5, 5.41) is 0. The molecule has 0 aromatic carbocycles. The summed E-state index contributed by atoms with van der Waals surface area (Å²) in [6.45, 7) is 1.02. The van der Waals surface area contributed by atoms with Crippen molar-refractivity contribution in [3.8, 4) is 0 Å². The van der Waals surface area contributed by atoms with Gasteiger partial charge in [0, 0.05) is 7.05 Å². The van der Waals surface area contributed by atoms with E-state index >= 15 is 0 Å². The lowest BCUT2D eigenvalue weighted by Crippen LogP contribution is -3.00. The molecular formula is C6H8ClN. The van der Waals surface area contributed by atoms with E-state index in [2.05, 4.69) is 17.1 Å². The van der Waals surface area contributed by atoms with Gasteiger partial charge in [-0.25, -0.2) is 0 Å². The lowest BCUT2D eigenvalue weighted by molar-refractivity contribution is -0.00000147. The summed E-state index contributed by atoms with van der Waals surface area (Å²) >= 11 is 0.